The lowest BCUT2D eigenvalue weighted by molar-refractivity contribution is -0.138. The molecule has 1 heterocycles. The van der Waals surface area contributed by atoms with Gasteiger partial charge in [-0.3, -0.25) is 14.7 Å². The Balaban J connectivity index is 2.78. The quantitative estimate of drug-likeness (QED) is 0.704. The van der Waals surface area contributed by atoms with E-state index in [0.717, 1.165) is 0 Å². The van der Waals surface area contributed by atoms with Crippen molar-refractivity contribution in [3.8, 4) is 0 Å². The number of carboxylic acids is 1. The summed E-state index contributed by atoms with van der Waals surface area (Å²) in [4.78, 5) is 26.2. The molecule has 17 heavy (non-hydrogen) atoms. The van der Waals surface area contributed by atoms with Crippen LogP contribution in [-0.4, -0.2) is 38.2 Å². The molecule has 0 aliphatic heterocycles. The molecule has 0 saturated carbocycles. The van der Waals surface area contributed by atoms with Crippen molar-refractivity contribution in [2.45, 2.75) is 39.2 Å². The van der Waals surface area contributed by atoms with Gasteiger partial charge in [0.25, 0.3) is 5.91 Å². The number of hydrogen-bond acceptors (Lipinski definition) is 4. The van der Waals surface area contributed by atoms with E-state index in [0.29, 0.717) is 5.82 Å². The summed E-state index contributed by atoms with van der Waals surface area (Å²) in [5.41, 5.74) is -0.246. The summed E-state index contributed by atoms with van der Waals surface area (Å²) in [6.45, 7) is 7.15. The van der Waals surface area contributed by atoms with Gasteiger partial charge in [0.15, 0.2) is 0 Å². The predicted octanol–water partition coefficient (Wildman–Crippen LogP) is 0.305. The standard InChI is InChI=1S/C10H16N4O3/c1-5(8(16)17)11-7(15)6-12-9(14-13-6)10(2,3)4/h5H,1-4H3,(H,11,15)(H,16,17)(H,12,13,14)/t5-/m1/s1. The predicted molar refractivity (Wildman–Crippen MR) is 59.6 cm³/mol. The van der Waals surface area contributed by atoms with E-state index in [1.807, 2.05) is 20.8 Å². The van der Waals surface area contributed by atoms with Crippen LogP contribution in [0.15, 0.2) is 0 Å². The average Bonchev–Trinajstić information content (AvgIpc) is 2.65. The summed E-state index contributed by atoms with van der Waals surface area (Å²) < 4.78 is 0. The van der Waals surface area contributed by atoms with Crippen LogP contribution < -0.4 is 5.32 Å². The van der Waals surface area contributed by atoms with Gasteiger partial charge in [-0.25, -0.2) is 4.98 Å². The molecule has 0 aliphatic rings. The molecule has 0 radical (unpaired) electrons. The van der Waals surface area contributed by atoms with Gasteiger partial charge in [-0.2, -0.15) is 0 Å². The third-order valence-corrected chi connectivity index (χ3v) is 2.12. The number of rotatable bonds is 3. The van der Waals surface area contributed by atoms with E-state index in [4.69, 9.17) is 5.11 Å². The van der Waals surface area contributed by atoms with Gasteiger partial charge >= 0.3 is 5.97 Å². The highest BCUT2D eigenvalue weighted by molar-refractivity contribution is 5.93. The Labute approximate surface area is 98.6 Å². The van der Waals surface area contributed by atoms with Crippen molar-refractivity contribution >= 4 is 11.9 Å². The summed E-state index contributed by atoms with van der Waals surface area (Å²) >= 11 is 0. The number of carboxylic acid groups (broad SMARTS) is 1. The molecule has 3 N–H and O–H groups in total. The third kappa shape index (κ3) is 3.27. The van der Waals surface area contributed by atoms with Crippen LogP contribution in [0.1, 0.15) is 44.1 Å². The molecule has 0 bridgehead atoms. The van der Waals surface area contributed by atoms with Gasteiger partial charge in [0.1, 0.15) is 11.9 Å². The zero-order valence-electron chi connectivity index (χ0n) is 10.2. The van der Waals surface area contributed by atoms with Crippen LogP contribution in [0.3, 0.4) is 0 Å². The van der Waals surface area contributed by atoms with Crippen molar-refractivity contribution in [2.75, 3.05) is 0 Å². The second-order valence-electron chi connectivity index (χ2n) is 4.79. The number of aromatic amines is 1. The van der Waals surface area contributed by atoms with Gasteiger partial charge in [0, 0.05) is 5.41 Å². The molecule has 0 saturated heterocycles. The summed E-state index contributed by atoms with van der Waals surface area (Å²) in [6, 6.07) is -0.973. The number of nitrogens with one attached hydrogen (secondary N) is 2. The summed E-state index contributed by atoms with van der Waals surface area (Å²) in [5, 5.41) is 17.3. The van der Waals surface area contributed by atoms with Gasteiger partial charge < -0.3 is 10.4 Å². The number of aromatic nitrogens is 3. The molecule has 1 rings (SSSR count). The molecule has 94 valence electrons. The normalized spacial score (nSPS) is 13.2. The van der Waals surface area contributed by atoms with Gasteiger partial charge in [0.05, 0.1) is 0 Å². The largest absolute Gasteiger partial charge is 0.480 e. The van der Waals surface area contributed by atoms with Crippen LogP contribution in [0.2, 0.25) is 0 Å². The first kappa shape index (κ1) is 13.1. The Bertz CT molecular complexity index is 433. The van der Waals surface area contributed by atoms with E-state index >= 15 is 0 Å². The van der Waals surface area contributed by atoms with E-state index in [1.165, 1.54) is 6.92 Å². The maximum atomic E-state index is 11.6. The molecule has 1 atom stereocenters. The van der Waals surface area contributed by atoms with E-state index in [9.17, 15) is 9.59 Å². The monoisotopic (exact) mass is 240 g/mol. The number of nitrogens with zero attached hydrogens (tertiary/aromatic N) is 2. The number of hydrogen-bond donors (Lipinski definition) is 3. The second-order valence-corrected chi connectivity index (χ2v) is 4.79. The van der Waals surface area contributed by atoms with E-state index in [-0.39, 0.29) is 11.2 Å². The first-order chi connectivity index (χ1) is 7.71. The highest BCUT2D eigenvalue weighted by atomic mass is 16.4. The Morgan fingerprint density at radius 1 is 1.41 bits per heavy atom. The molecule has 1 amide bonds. The average molecular weight is 240 g/mol. The van der Waals surface area contributed by atoms with Crippen molar-refractivity contribution in [3.05, 3.63) is 11.6 Å². The molecule has 1 aromatic heterocycles. The zero-order valence-corrected chi connectivity index (χ0v) is 10.2. The molecular weight excluding hydrogens is 224 g/mol. The minimum atomic E-state index is -1.11. The summed E-state index contributed by atoms with van der Waals surface area (Å²) in [7, 11) is 0. The molecule has 0 fully saturated rings. The Morgan fingerprint density at radius 2 is 2.00 bits per heavy atom. The van der Waals surface area contributed by atoms with E-state index in [1.54, 1.807) is 0 Å². The molecule has 0 unspecified atom stereocenters. The number of amides is 1. The fourth-order valence-electron chi connectivity index (χ4n) is 1.02. The lowest BCUT2D eigenvalue weighted by Crippen LogP contribution is -2.38. The highest BCUT2D eigenvalue weighted by Gasteiger charge is 2.23. The van der Waals surface area contributed by atoms with Crippen LogP contribution in [0.25, 0.3) is 0 Å². The molecule has 0 aliphatic carbocycles. The topological polar surface area (TPSA) is 108 Å². The maximum Gasteiger partial charge on any atom is 0.325 e. The lowest BCUT2D eigenvalue weighted by atomic mass is 9.96. The SMILES string of the molecule is C[C@@H](NC(=O)c1n[nH]c(C(C)(C)C)n1)C(=O)O. The number of H-pyrrole nitrogens is 1. The minimum Gasteiger partial charge on any atom is -0.480 e. The van der Waals surface area contributed by atoms with Crippen molar-refractivity contribution in [1.29, 1.82) is 0 Å². The zero-order chi connectivity index (χ0) is 13.2. The van der Waals surface area contributed by atoms with Gasteiger partial charge in [-0.05, 0) is 6.92 Å². The molecule has 7 heteroatoms. The third-order valence-electron chi connectivity index (χ3n) is 2.12. The minimum absolute atomic E-state index is 0.0528. The highest BCUT2D eigenvalue weighted by Crippen LogP contribution is 2.17. The summed E-state index contributed by atoms with van der Waals surface area (Å²) in [6.07, 6.45) is 0. The second kappa shape index (κ2) is 4.52. The Morgan fingerprint density at radius 3 is 2.41 bits per heavy atom. The Kier molecular flexibility index (Phi) is 3.50. The fraction of sp³-hybridized carbons (Fsp3) is 0.600. The van der Waals surface area contributed by atoms with Gasteiger partial charge in [0.2, 0.25) is 5.82 Å². The molecule has 7 nitrogen and oxygen atoms in total. The first-order valence-corrected chi connectivity index (χ1v) is 5.18. The number of carbonyl (C=O) groups excluding carboxylic acids is 1. The van der Waals surface area contributed by atoms with Crippen LogP contribution in [0, 0.1) is 0 Å². The molecule has 0 spiro atoms. The summed E-state index contributed by atoms with van der Waals surface area (Å²) in [5.74, 6) is -1.19. The van der Waals surface area contributed by atoms with Crippen molar-refractivity contribution in [3.63, 3.8) is 0 Å². The lowest BCUT2D eigenvalue weighted by Gasteiger charge is -2.12. The fourth-order valence-corrected chi connectivity index (χ4v) is 1.02. The van der Waals surface area contributed by atoms with E-state index in [2.05, 4.69) is 20.5 Å². The molecular formula is C10H16N4O3. The smallest absolute Gasteiger partial charge is 0.325 e. The molecule has 0 aromatic carbocycles. The van der Waals surface area contributed by atoms with Crippen molar-refractivity contribution in [2.24, 2.45) is 0 Å². The van der Waals surface area contributed by atoms with Gasteiger partial charge in [-0.1, -0.05) is 20.8 Å². The van der Waals surface area contributed by atoms with Crippen LogP contribution in [-0.2, 0) is 10.2 Å². The van der Waals surface area contributed by atoms with Crippen molar-refractivity contribution < 1.29 is 14.7 Å². The molecule has 1 aromatic rings. The maximum absolute atomic E-state index is 11.6. The Hall–Kier alpha value is -1.92. The van der Waals surface area contributed by atoms with Crippen molar-refractivity contribution in [1.82, 2.24) is 20.5 Å². The van der Waals surface area contributed by atoms with Crippen LogP contribution in [0.4, 0.5) is 0 Å². The van der Waals surface area contributed by atoms with E-state index < -0.39 is 17.9 Å². The first-order valence-electron chi connectivity index (χ1n) is 5.18. The van der Waals surface area contributed by atoms with Crippen LogP contribution >= 0.6 is 0 Å². The van der Waals surface area contributed by atoms with Gasteiger partial charge in [-0.15, -0.1) is 5.10 Å². The number of aliphatic carboxylic acids is 1. The van der Waals surface area contributed by atoms with Crippen LogP contribution in [0.5, 0.6) is 0 Å². The number of carbonyl (C=O) groups is 2.